The average Bonchev–Trinajstić information content (AvgIpc) is 2.79. The highest BCUT2D eigenvalue weighted by atomic mass is 16.4. The summed E-state index contributed by atoms with van der Waals surface area (Å²) in [5.41, 5.74) is 3.08. The van der Waals surface area contributed by atoms with Crippen molar-refractivity contribution in [2.24, 2.45) is 0 Å². The molecule has 0 bridgehead atoms. The second-order valence-corrected chi connectivity index (χ2v) is 6.57. The largest absolute Gasteiger partial charge is 0.477 e. The van der Waals surface area contributed by atoms with Gasteiger partial charge in [-0.25, -0.2) is 9.78 Å². The van der Waals surface area contributed by atoms with E-state index in [-0.39, 0.29) is 11.6 Å². The molecule has 6 heteroatoms. The van der Waals surface area contributed by atoms with Gasteiger partial charge in [-0.05, 0) is 47.5 Å². The summed E-state index contributed by atoms with van der Waals surface area (Å²) in [6, 6.07) is 24.5. The lowest BCUT2D eigenvalue weighted by molar-refractivity contribution is 0.0691. The van der Waals surface area contributed by atoms with E-state index in [2.05, 4.69) is 10.3 Å². The highest BCUT2D eigenvalue weighted by molar-refractivity contribution is 6.11. The van der Waals surface area contributed by atoms with E-state index in [9.17, 15) is 14.7 Å². The minimum Gasteiger partial charge on any atom is -0.477 e. The first kappa shape index (κ1) is 18.8. The van der Waals surface area contributed by atoms with E-state index in [1.54, 1.807) is 36.4 Å². The summed E-state index contributed by atoms with van der Waals surface area (Å²) in [6.45, 7) is 0. The Labute approximate surface area is 172 Å². The molecule has 0 spiro atoms. The molecule has 0 aliphatic rings. The van der Waals surface area contributed by atoms with Gasteiger partial charge in [0.2, 0.25) is 0 Å². The number of rotatable bonds is 4. The average molecular weight is 393 g/mol. The third-order valence-electron chi connectivity index (χ3n) is 4.67. The molecule has 3 aromatic carbocycles. The lowest BCUT2D eigenvalue weighted by atomic mass is 9.99. The number of anilines is 1. The Morgan fingerprint density at radius 3 is 2.33 bits per heavy atom. The molecular formula is C24H15N3O3. The molecule has 0 atom stereocenters. The topological polar surface area (TPSA) is 103 Å². The highest BCUT2D eigenvalue weighted by Crippen LogP contribution is 2.32. The van der Waals surface area contributed by atoms with Gasteiger partial charge in [0.15, 0.2) is 0 Å². The molecule has 4 rings (SSSR count). The Kier molecular flexibility index (Phi) is 4.93. The number of aromatic nitrogens is 1. The smallest absolute Gasteiger partial charge is 0.354 e. The Bertz CT molecular complexity index is 1310. The maximum atomic E-state index is 12.7. The molecule has 0 unspecified atom stereocenters. The van der Waals surface area contributed by atoms with Gasteiger partial charge >= 0.3 is 5.97 Å². The molecule has 0 aliphatic carbocycles. The van der Waals surface area contributed by atoms with Gasteiger partial charge in [0, 0.05) is 10.9 Å². The number of carboxylic acids is 1. The van der Waals surface area contributed by atoms with Gasteiger partial charge in [0.05, 0.1) is 22.8 Å². The van der Waals surface area contributed by atoms with Gasteiger partial charge in [0.1, 0.15) is 5.69 Å². The number of carbonyl (C=O) groups is 2. The fourth-order valence-corrected chi connectivity index (χ4v) is 3.21. The molecular weight excluding hydrogens is 378 g/mol. The summed E-state index contributed by atoms with van der Waals surface area (Å²) in [5.74, 6) is -1.53. The quantitative estimate of drug-likeness (QED) is 0.522. The van der Waals surface area contributed by atoms with Crippen LogP contribution >= 0.6 is 0 Å². The lowest BCUT2D eigenvalue weighted by Crippen LogP contribution is -2.13. The van der Waals surface area contributed by atoms with E-state index >= 15 is 0 Å². The predicted octanol–water partition coefficient (Wildman–Crippen LogP) is 4.72. The summed E-state index contributed by atoms with van der Waals surface area (Å²) in [4.78, 5) is 28.6. The van der Waals surface area contributed by atoms with E-state index in [1.165, 1.54) is 6.07 Å². The molecule has 4 aromatic rings. The number of nitrogens with one attached hydrogen (secondary N) is 1. The number of amides is 1. The molecule has 1 heterocycles. The van der Waals surface area contributed by atoms with Gasteiger partial charge < -0.3 is 10.4 Å². The zero-order valence-corrected chi connectivity index (χ0v) is 15.7. The van der Waals surface area contributed by atoms with Gasteiger partial charge in [-0.3, -0.25) is 4.79 Å². The first-order valence-corrected chi connectivity index (χ1v) is 9.11. The van der Waals surface area contributed by atoms with E-state index in [4.69, 9.17) is 5.26 Å². The van der Waals surface area contributed by atoms with Crippen molar-refractivity contribution in [2.45, 2.75) is 0 Å². The van der Waals surface area contributed by atoms with Crippen molar-refractivity contribution < 1.29 is 14.7 Å². The number of carboxylic acid groups (broad SMARTS) is 1. The van der Waals surface area contributed by atoms with Crippen LogP contribution in [-0.2, 0) is 0 Å². The Balaban J connectivity index is 1.82. The number of para-hydroxylation sites is 1. The summed E-state index contributed by atoms with van der Waals surface area (Å²) < 4.78 is 0. The van der Waals surface area contributed by atoms with Gasteiger partial charge in [0.25, 0.3) is 5.91 Å². The van der Waals surface area contributed by atoms with Crippen molar-refractivity contribution in [1.29, 1.82) is 5.26 Å². The number of pyridine rings is 1. The number of hydrogen-bond donors (Lipinski definition) is 2. The van der Waals surface area contributed by atoms with Crippen LogP contribution in [0.2, 0.25) is 0 Å². The number of aromatic carboxylic acids is 1. The van der Waals surface area contributed by atoms with Crippen LogP contribution in [0.3, 0.4) is 0 Å². The molecule has 0 fully saturated rings. The maximum absolute atomic E-state index is 12.7. The molecule has 144 valence electrons. The maximum Gasteiger partial charge on any atom is 0.354 e. The van der Waals surface area contributed by atoms with Crippen molar-refractivity contribution in [3.63, 3.8) is 0 Å². The first-order valence-electron chi connectivity index (χ1n) is 9.11. The van der Waals surface area contributed by atoms with E-state index in [0.717, 1.165) is 10.9 Å². The minimum absolute atomic E-state index is 0.110. The van der Waals surface area contributed by atoms with Crippen LogP contribution in [0.5, 0.6) is 0 Å². The van der Waals surface area contributed by atoms with Crippen molar-refractivity contribution in [3.8, 4) is 17.2 Å². The summed E-state index contributed by atoms with van der Waals surface area (Å²) in [6.07, 6.45) is 0. The van der Waals surface area contributed by atoms with E-state index < -0.39 is 5.97 Å². The van der Waals surface area contributed by atoms with Gasteiger partial charge in [-0.1, -0.05) is 42.5 Å². The fraction of sp³-hybridized carbons (Fsp3) is 0. The van der Waals surface area contributed by atoms with Crippen LogP contribution in [-0.4, -0.2) is 22.0 Å². The summed E-state index contributed by atoms with van der Waals surface area (Å²) in [7, 11) is 0. The minimum atomic E-state index is -1.15. The fourth-order valence-electron chi connectivity index (χ4n) is 3.21. The van der Waals surface area contributed by atoms with Crippen LogP contribution < -0.4 is 5.32 Å². The second kappa shape index (κ2) is 7.86. The molecule has 6 nitrogen and oxygen atoms in total. The second-order valence-electron chi connectivity index (χ2n) is 6.57. The third-order valence-corrected chi connectivity index (χ3v) is 4.67. The van der Waals surface area contributed by atoms with Crippen LogP contribution in [0.1, 0.15) is 26.4 Å². The Morgan fingerprint density at radius 2 is 1.67 bits per heavy atom. The number of carbonyl (C=O) groups excluding carboxylic acids is 1. The van der Waals surface area contributed by atoms with Crippen LogP contribution in [0.15, 0.2) is 78.9 Å². The molecule has 2 N–H and O–H groups in total. The molecule has 1 aromatic heterocycles. The summed E-state index contributed by atoms with van der Waals surface area (Å²) in [5, 5.41) is 22.0. The third kappa shape index (κ3) is 3.60. The molecule has 0 saturated carbocycles. The number of fused-ring (bicyclic) bond motifs is 1. The van der Waals surface area contributed by atoms with E-state index in [1.807, 2.05) is 42.5 Å². The number of nitrogens with zero attached hydrogens (tertiary/aromatic N) is 2. The Hall–Kier alpha value is -4.50. The van der Waals surface area contributed by atoms with Crippen molar-refractivity contribution >= 4 is 28.5 Å². The van der Waals surface area contributed by atoms with Crippen molar-refractivity contribution in [3.05, 3.63) is 95.7 Å². The predicted molar refractivity (Wildman–Crippen MR) is 113 cm³/mol. The van der Waals surface area contributed by atoms with Crippen molar-refractivity contribution in [2.75, 3.05) is 5.32 Å². The monoisotopic (exact) mass is 393 g/mol. The number of hydrogen-bond acceptors (Lipinski definition) is 4. The van der Waals surface area contributed by atoms with Gasteiger partial charge in [-0.15, -0.1) is 0 Å². The molecule has 0 aliphatic heterocycles. The summed E-state index contributed by atoms with van der Waals surface area (Å²) >= 11 is 0. The lowest BCUT2D eigenvalue weighted by Gasteiger charge is -2.13. The van der Waals surface area contributed by atoms with Crippen LogP contribution in [0, 0.1) is 11.3 Å². The van der Waals surface area contributed by atoms with Crippen LogP contribution in [0.25, 0.3) is 22.0 Å². The normalized spacial score (nSPS) is 10.4. The van der Waals surface area contributed by atoms with E-state index in [0.29, 0.717) is 27.9 Å². The van der Waals surface area contributed by atoms with Gasteiger partial charge in [-0.2, -0.15) is 5.26 Å². The molecule has 0 saturated heterocycles. The zero-order chi connectivity index (χ0) is 21.1. The van der Waals surface area contributed by atoms with Crippen LogP contribution in [0.4, 0.5) is 5.69 Å². The standard InChI is InChI=1S/C24H15N3O3/c25-14-15-9-11-17(12-10-15)23(28)27-20-8-4-7-18-19(16-5-2-1-3-6-16)13-21(24(29)30)26-22(18)20/h1-13H,(H,27,28)(H,29,30). The number of nitriles is 1. The first-order chi connectivity index (χ1) is 14.6. The number of benzene rings is 3. The molecule has 30 heavy (non-hydrogen) atoms. The van der Waals surface area contributed by atoms with Crippen molar-refractivity contribution in [1.82, 2.24) is 4.98 Å². The Morgan fingerprint density at radius 1 is 0.933 bits per heavy atom. The molecule has 1 amide bonds. The molecule has 0 radical (unpaired) electrons. The SMILES string of the molecule is N#Cc1ccc(C(=O)Nc2cccc3c(-c4ccccc4)cc(C(=O)O)nc23)cc1. The zero-order valence-electron chi connectivity index (χ0n) is 15.7. The highest BCUT2D eigenvalue weighted by Gasteiger charge is 2.16.